The molecule has 0 saturated carbocycles. The van der Waals surface area contributed by atoms with Crippen molar-refractivity contribution in [2.75, 3.05) is 20.1 Å². The van der Waals surface area contributed by atoms with Crippen LogP contribution in [0.4, 0.5) is 0 Å². The molecule has 0 aliphatic carbocycles. The Morgan fingerprint density at radius 3 is 2.18 bits per heavy atom. The van der Waals surface area contributed by atoms with Gasteiger partial charge in [-0.05, 0) is 55.4 Å². The van der Waals surface area contributed by atoms with E-state index in [0.29, 0.717) is 38.0 Å². The van der Waals surface area contributed by atoms with Crippen LogP contribution in [0.15, 0.2) is 47.2 Å². The van der Waals surface area contributed by atoms with Crippen LogP contribution >= 0.6 is 0 Å². The predicted molar refractivity (Wildman–Crippen MR) is 173 cm³/mol. The van der Waals surface area contributed by atoms with Crippen LogP contribution in [-0.2, 0) is 46.6 Å². The van der Waals surface area contributed by atoms with Crippen molar-refractivity contribution < 1.29 is 24.3 Å². The number of benzene rings is 1. The van der Waals surface area contributed by atoms with Crippen LogP contribution in [-0.4, -0.2) is 83.4 Å². The first-order valence-electron chi connectivity index (χ1n) is 14.2. The number of carboxylic acid groups (broad SMARTS) is 1. The van der Waals surface area contributed by atoms with Crippen LogP contribution < -0.4 is 43.6 Å². The van der Waals surface area contributed by atoms with E-state index in [2.05, 4.69) is 25.7 Å². The van der Waals surface area contributed by atoms with Gasteiger partial charge in [-0.3, -0.25) is 19.4 Å². The number of rotatable bonds is 19. The van der Waals surface area contributed by atoms with E-state index in [1.807, 2.05) is 0 Å². The quantitative estimate of drug-likeness (QED) is 0.0445. The molecule has 0 spiro atoms. The Labute approximate surface area is 264 Å². The monoisotopic (exact) mass is 652 g/mol. The van der Waals surface area contributed by atoms with Crippen molar-refractivity contribution in [2.24, 2.45) is 27.9 Å². The molecular formula is C27H44N10O5S2. The first-order valence-corrected chi connectivity index (χ1v) is 16.3. The number of carbonyl (C=O) groups is 4. The molecule has 44 heavy (non-hydrogen) atoms. The summed E-state index contributed by atoms with van der Waals surface area (Å²) in [6, 6.07) is 4.51. The number of nitrogens with two attached hydrogens (primary N) is 4. The maximum atomic E-state index is 13.6. The lowest BCUT2D eigenvalue weighted by Crippen LogP contribution is -2.57. The highest BCUT2D eigenvalue weighted by atomic mass is 32.8. The minimum Gasteiger partial charge on any atom is -0.480 e. The van der Waals surface area contributed by atoms with Crippen molar-refractivity contribution in [2.45, 2.75) is 69.1 Å². The summed E-state index contributed by atoms with van der Waals surface area (Å²) in [5.41, 5.74) is 23.7. The summed E-state index contributed by atoms with van der Waals surface area (Å²) >= 11 is 5.34. The van der Waals surface area contributed by atoms with Crippen LogP contribution in [0.3, 0.4) is 0 Å². The van der Waals surface area contributed by atoms with Crippen molar-refractivity contribution in [1.29, 1.82) is 0 Å². The van der Waals surface area contributed by atoms with E-state index >= 15 is 0 Å². The molecule has 3 amide bonds. The zero-order chi connectivity index (χ0) is 32.6. The van der Waals surface area contributed by atoms with Crippen LogP contribution in [0.5, 0.6) is 0 Å². The molecule has 1 heterocycles. The van der Waals surface area contributed by atoms with Crippen LogP contribution in [0, 0.1) is 0 Å². The topological polar surface area (TPSA) is 256 Å². The first kappa shape index (κ1) is 36.4. The molecule has 1 aliphatic heterocycles. The van der Waals surface area contributed by atoms with Gasteiger partial charge in [0.15, 0.2) is 5.96 Å². The molecule has 1 aromatic rings. The standard InChI is InChI=1S/C27H44N10O5S2/c1-37-16-18(36-44(37)43)15-21(34-23(38)19(29)10-7-13-32-27(30)31)25(40)33-20(11-5-6-12-28)24(39)35-22(26(41)42)14-17-8-3-2-4-9-17/h2-4,8-9,16,19-22,36H,5-7,10-15,28-29H2,1H3,(H,33,40)(H,34,38)(H,35,39)(H,41,42)(H4,30,31,32). The van der Waals surface area contributed by atoms with Gasteiger partial charge in [-0.2, -0.15) is 0 Å². The maximum absolute atomic E-state index is 13.6. The van der Waals surface area contributed by atoms with E-state index in [0.717, 1.165) is 5.56 Å². The molecule has 0 fully saturated rings. The maximum Gasteiger partial charge on any atom is 0.326 e. The van der Waals surface area contributed by atoms with Gasteiger partial charge in [0.2, 0.25) is 17.7 Å². The Balaban J connectivity index is 2.20. The molecule has 0 saturated heterocycles. The molecule has 1 aliphatic rings. The molecule has 0 aromatic heterocycles. The van der Waals surface area contributed by atoms with Crippen LogP contribution in [0.2, 0.25) is 0 Å². The SMILES string of the molecule is CN1C=C(CC(NC(=O)C(N)CCCN=C(N)N)C(=O)NC(CCCCN)C(=O)NC(Cc2ccccc2)C(=O)O)NS1=S. The fraction of sp³-hybridized carbons (Fsp3) is 0.519. The third-order valence-electron chi connectivity index (χ3n) is 6.66. The highest BCUT2D eigenvalue weighted by Gasteiger charge is 2.31. The zero-order valence-corrected chi connectivity index (χ0v) is 26.4. The summed E-state index contributed by atoms with van der Waals surface area (Å²) in [4.78, 5) is 55.8. The number of aliphatic imine (C=N–C) groups is 1. The molecule has 0 radical (unpaired) electrons. The fourth-order valence-electron chi connectivity index (χ4n) is 4.29. The second kappa shape index (κ2) is 18.8. The normalized spacial score (nSPS) is 16.8. The Hall–Kier alpha value is -3.80. The highest BCUT2D eigenvalue weighted by Crippen LogP contribution is 2.14. The second-order valence-corrected chi connectivity index (χ2v) is 12.5. The van der Waals surface area contributed by atoms with Gasteiger partial charge in [0.25, 0.3) is 0 Å². The van der Waals surface area contributed by atoms with Crippen molar-refractivity contribution in [3.63, 3.8) is 0 Å². The molecule has 5 atom stereocenters. The van der Waals surface area contributed by atoms with Crippen LogP contribution in [0.1, 0.15) is 44.1 Å². The Kier molecular flexibility index (Phi) is 15.5. The van der Waals surface area contributed by atoms with Crippen molar-refractivity contribution in [3.8, 4) is 0 Å². The highest BCUT2D eigenvalue weighted by molar-refractivity contribution is 8.26. The molecule has 17 heteroatoms. The number of amides is 3. The van der Waals surface area contributed by atoms with Crippen molar-refractivity contribution in [1.82, 2.24) is 25.0 Å². The molecule has 5 unspecified atom stereocenters. The molecule has 15 nitrogen and oxygen atoms in total. The number of nitrogens with one attached hydrogen (secondary N) is 4. The Morgan fingerprint density at radius 1 is 0.955 bits per heavy atom. The number of hydrogen-bond donors (Lipinski definition) is 9. The summed E-state index contributed by atoms with van der Waals surface area (Å²) < 4.78 is 4.86. The second-order valence-electron chi connectivity index (χ2n) is 10.3. The van der Waals surface area contributed by atoms with Gasteiger partial charge >= 0.3 is 5.97 Å². The van der Waals surface area contributed by atoms with E-state index in [4.69, 9.17) is 34.1 Å². The summed E-state index contributed by atoms with van der Waals surface area (Å²) in [5, 5.41) is 17.7. The fourth-order valence-corrected chi connectivity index (χ4v) is 5.46. The average Bonchev–Trinajstić information content (AvgIpc) is 3.30. The van der Waals surface area contributed by atoms with Crippen molar-refractivity contribution >= 4 is 50.7 Å². The lowest BCUT2D eigenvalue weighted by Gasteiger charge is -2.25. The van der Waals surface area contributed by atoms with E-state index < -0.39 is 57.7 Å². The largest absolute Gasteiger partial charge is 0.480 e. The number of carbonyl (C=O) groups excluding carboxylic acids is 3. The van der Waals surface area contributed by atoms with Crippen molar-refractivity contribution in [3.05, 3.63) is 47.8 Å². The number of carboxylic acids is 1. The minimum absolute atomic E-state index is 0.0473. The summed E-state index contributed by atoms with van der Waals surface area (Å²) in [6.07, 6.45) is 3.84. The van der Waals surface area contributed by atoms with E-state index in [-0.39, 0.29) is 31.6 Å². The Morgan fingerprint density at radius 2 is 1.59 bits per heavy atom. The van der Waals surface area contributed by atoms with Gasteiger partial charge in [-0.15, -0.1) is 0 Å². The van der Waals surface area contributed by atoms with E-state index in [1.54, 1.807) is 47.9 Å². The number of nitrogens with zero attached hydrogens (tertiary/aromatic N) is 2. The lowest BCUT2D eigenvalue weighted by atomic mass is 10.0. The molecule has 244 valence electrons. The van der Waals surface area contributed by atoms with E-state index in [1.165, 1.54) is 0 Å². The summed E-state index contributed by atoms with van der Waals surface area (Å²) in [6.45, 7) is 0.670. The summed E-state index contributed by atoms with van der Waals surface area (Å²) in [7, 11) is 1.06. The predicted octanol–water partition coefficient (Wildman–Crippen LogP) is -2.05. The number of aliphatic carboxylic acids is 1. The Bertz CT molecular complexity index is 1210. The van der Waals surface area contributed by atoms with Gasteiger partial charge in [0.1, 0.15) is 18.1 Å². The van der Waals surface area contributed by atoms with Gasteiger partial charge in [0.05, 0.1) is 15.9 Å². The molecular weight excluding hydrogens is 608 g/mol. The number of unbranched alkanes of at least 4 members (excludes halogenated alkanes) is 1. The third kappa shape index (κ3) is 12.8. The smallest absolute Gasteiger partial charge is 0.326 e. The molecule has 0 bridgehead atoms. The minimum atomic E-state index is -1.22. The first-order chi connectivity index (χ1) is 20.9. The van der Waals surface area contributed by atoms with Gasteiger partial charge in [-0.1, -0.05) is 30.3 Å². The lowest BCUT2D eigenvalue weighted by molar-refractivity contribution is -0.142. The van der Waals surface area contributed by atoms with E-state index in [9.17, 15) is 24.3 Å². The molecule has 13 N–H and O–H groups in total. The number of hydrogen-bond acceptors (Lipinski definition) is 8. The van der Waals surface area contributed by atoms with Gasteiger partial charge in [0, 0.05) is 38.3 Å². The molecule has 1 aromatic carbocycles. The van der Waals surface area contributed by atoms with Gasteiger partial charge < -0.3 is 53.0 Å². The van der Waals surface area contributed by atoms with Crippen LogP contribution in [0.25, 0.3) is 0 Å². The third-order valence-corrected chi connectivity index (χ3v) is 8.68. The number of guanidine groups is 1. The summed E-state index contributed by atoms with van der Waals surface area (Å²) in [5.74, 6) is -3.16. The average molecular weight is 653 g/mol. The molecule has 2 rings (SSSR count). The van der Waals surface area contributed by atoms with Gasteiger partial charge in [-0.25, -0.2) is 4.79 Å². The zero-order valence-electron chi connectivity index (χ0n) is 24.7.